The molecule has 0 heterocycles. The highest BCUT2D eigenvalue weighted by atomic mass is 16.6. The van der Waals surface area contributed by atoms with E-state index in [4.69, 9.17) is 39.0 Å². The Morgan fingerprint density at radius 3 is 1.41 bits per heavy atom. The highest BCUT2D eigenvalue weighted by Crippen LogP contribution is 2.05. The van der Waals surface area contributed by atoms with Crippen molar-refractivity contribution in [1.29, 1.82) is 0 Å². The minimum Gasteiger partial charge on any atom is -0.444 e. The molecule has 0 saturated heterocycles. The highest BCUT2D eigenvalue weighted by molar-refractivity contribution is 5.67. The van der Waals surface area contributed by atoms with Gasteiger partial charge in [-0.2, -0.15) is 0 Å². The molecule has 4 N–H and O–H groups in total. The Bertz CT molecular complexity index is 303. The summed E-state index contributed by atoms with van der Waals surface area (Å²) in [6, 6.07) is 0. The van der Waals surface area contributed by atoms with Gasteiger partial charge in [0.15, 0.2) is 0 Å². The fourth-order valence-electron chi connectivity index (χ4n) is 1.38. The Labute approximate surface area is 161 Å². The van der Waals surface area contributed by atoms with Gasteiger partial charge < -0.3 is 44.3 Å². The second-order valence-electron chi connectivity index (χ2n) is 6.05. The van der Waals surface area contributed by atoms with E-state index in [1.165, 1.54) is 0 Å². The Morgan fingerprint density at radius 1 is 0.704 bits per heavy atom. The van der Waals surface area contributed by atoms with E-state index >= 15 is 0 Å². The lowest BCUT2D eigenvalue weighted by atomic mass is 10.2. The number of hydrogen-bond donors (Lipinski definition) is 4. The third-order valence-electron chi connectivity index (χ3n) is 2.37. The first-order valence-corrected chi connectivity index (χ1v) is 8.97. The first kappa shape index (κ1) is 28.2. The molecule has 0 fully saturated rings. The van der Waals surface area contributed by atoms with Crippen LogP contribution in [0.15, 0.2) is 0 Å². The fourth-order valence-corrected chi connectivity index (χ4v) is 1.38. The van der Waals surface area contributed by atoms with Crippen molar-refractivity contribution >= 4 is 6.09 Å². The maximum absolute atomic E-state index is 11.2. The molecule has 0 aliphatic carbocycles. The molecule has 0 aliphatic heterocycles. The minimum absolute atomic E-state index is 0.0141. The third kappa shape index (κ3) is 30.0. The molecule has 0 rings (SSSR count). The van der Waals surface area contributed by atoms with Crippen LogP contribution < -0.4 is 5.32 Å². The van der Waals surface area contributed by atoms with Crippen LogP contribution in [0.2, 0.25) is 0 Å². The van der Waals surface area contributed by atoms with Gasteiger partial charge in [-0.1, -0.05) is 0 Å². The van der Waals surface area contributed by atoms with E-state index in [0.717, 1.165) is 0 Å². The van der Waals surface area contributed by atoms with Crippen molar-refractivity contribution in [2.24, 2.45) is 0 Å². The first-order chi connectivity index (χ1) is 12.9. The van der Waals surface area contributed by atoms with Crippen molar-refractivity contribution in [2.45, 2.75) is 26.4 Å². The molecule has 0 aromatic rings. The van der Waals surface area contributed by atoms with E-state index in [1.54, 1.807) is 0 Å². The second kappa shape index (κ2) is 21.3. The zero-order valence-corrected chi connectivity index (χ0v) is 16.8. The summed E-state index contributed by atoms with van der Waals surface area (Å²) in [5.41, 5.74) is -0.483. The van der Waals surface area contributed by atoms with Crippen molar-refractivity contribution in [3.8, 4) is 0 Å². The summed E-state index contributed by atoms with van der Waals surface area (Å²) in [5.74, 6) is 0. The summed E-state index contributed by atoms with van der Waals surface area (Å²) >= 11 is 0. The van der Waals surface area contributed by atoms with Crippen LogP contribution in [0, 0.1) is 0 Å². The number of carbonyl (C=O) groups excluding carboxylic acids is 1. The van der Waals surface area contributed by atoms with Crippen LogP contribution in [0.5, 0.6) is 0 Å². The average Bonchev–Trinajstić information content (AvgIpc) is 2.59. The molecule has 0 atom stereocenters. The zero-order chi connectivity index (χ0) is 20.8. The number of aliphatic hydroxyl groups is 3. The van der Waals surface area contributed by atoms with Crippen LogP contribution in [0.25, 0.3) is 0 Å². The van der Waals surface area contributed by atoms with Crippen LogP contribution >= 0.6 is 0 Å². The SMILES string of the molecule is CC(C)(C)OC(=O)NCCOCCOCCO.OCCOCCOCCO. The molecule has 10 nitrogen and oxygen atoms in total. The molecule has 0 radical (unpaired) electrons. The number of nitrogens with one attached hydrogen (secondary N) is 1. The van der Waals surface area contributed by atoms with Gasteiger partial charge in [0.2, 0.25) is 0 Å². The van der Waals surface area contributed by atoms with Gasteiger partial charge >= 0.3 is 6.09 Å². The summed E-state index contributed by atoms with van der Waals surface area (Å²) in [4.78, 5) is 11.2. The number of ether oxygens (including phenoxy) is 5. The molecule has 0 unspecified atom stereocenters. The van der Waals surface area contributed by atoms with Crippen LogP contribution in [-0.4, -0.2) is 106 Å². The van der Waals surface area contributed by atoms with Crippen molar-refractivity contribution in [2.75, 3.05) is 79.2 Å². The number of alkyl carbamates (subject to hydrolysis) is 1. The van der Waals surface area contributed by atoms with E-state index in [1.807, 2.05) is 20.8 Å². The molecule has 164 valence electrons. The summed E-state index contributed by atoms with van der Waals surface area (Å²) in [7, 11) is 0. The summed E-state index contributed by atoms with van der Waals surface area (Å²) in [6.45, 7) is 9.16. The standard InChI is InChI=1S/C11H23NO5.C6H14O4/c1-11(2,3)17-10(14)12-4-6-15-8-9-16-7-5-13;7-1-3-9-5-6-10-4-2-8/h13H,4-9H2,1-3H3,(H,12,14);7-8H,1-6H2. The van der Waals surface area contributed by atoms with Crippen molar-refractivity contribution in [3.63, 3.8) is 0 Å². The molecule has 0 spiro atoms. The molecule has 0 aliphatic rings. The predicted molar refractivity (Wildman–Crippen MR) is 98.8 cm³/mol. The van der Waals surface area contributed by atoms with Crippen molar-refractivity contribution in [1.82, 2.24) is 5.32 Å². The normalized spacial score (nSPS) is 10.9. The largest absolute Gasteiger partial charge is 0.444 e. The molecule has 27 heavy (non-hydrogen) atoms. The maximum atomic E-state index is 11.2. The third-order valence-corrected chi connectivity index (χ3v) is 2.37. The molecule has 0 aromatic carbocycles. The first-order valence-electron chi connectivity index (χ1n) is 8.97. The van der Waals surface area contributed by atoms with Crippen LogP contribution in [0.4, 0.5) is 4.79 Å². The smallest absolute Gasteiger partial charge is 0.407 e. The molecular formula is C17H37NO9. The van der Waals surface area contributed by atoms with E-state index in [2.05, 4.69) is 5.32 Å². The molecule has 0 bridgehead atoms. The number of hydrogen-bond acceptors (Lipinski definition) is 9. The summed E-state index contributed by atoms with van der Waals surface area (Å²) < 4.78 is 25.0. The van der Waals surface area contributed by atoms with Gasteiger partial charge in [0.25, 0.3) is 0 Å². The van der Waals surface area contributed by atoms with E-state index in [-0.39, 0.29) is 19.8 Å². The van der Waals surface area contributed by atoms with Gasteiger partial charge in [0, 0.05) is 6.54 Å². The van der Waals surface area contributed by atoms with E-state index < -0.39 is 11.7 Å². The van der Waals surface area contributed by atoms with Crippen molar-refractivity contribution in [3.05, 3.63) is 0 Å². The van der Waals surface area contributed by atoms with Crippen LogP contribution in [0.1, 0.15) is 20.8 Å². The molecule has 10 heteroatoms. The minimum atomic E-state index is -0.483. The Morgan fingerprint density at radius 2 is 1.07 bits per heavy atom. The van der Waals surface area contributed by atoms with Gasteiger partial charge in [0.05, 0.1) is 72.7 Å². The average molecular weight is 399 g/mol. The van der Waals surface area contributed by atoms with Gasteiger partial charge in [0.1, 0.15) is 5.60 Å². The van der Waals surface area contributed by atoms with Gasteiger partial charge in [-0.05, 0) is 20.8 Å². The van der Waals surface area contributed by atoms with Crippen LogP contribution in [-0.2, 0) is 23.7 Å². The highest BCUT2D eigenvalue weighted by Gasteiger charge is 2.15. The fraction of sp³-hybridized carbons (Fsp3) is 0.941. The lowest BCUT2D eigenvalue weighted by Gasteiger charge is -2.19. The quantitative estimate of drug-likeness (QED) is 0.270. The Balaban J connectivity index is 0. The Kier molecular flexibility index (Phi) is 22.2. The number of carbonyl (C=O) groups is 1. The Hall–Kier alpha value is -1.01. The molecule has 0 saturated carbocycles. The zero-order valence-electron chi connectivity index (χ0n) is 16.8. The summed E-state index contributed by atoms with van der Waals surface area (Å²) in [6.07, 6.45) is -0.447. The number of amides is 1. The number of aliphatic hydroxyl groups excluding tert-OH is 3. The monoisotopic (exact) mass is 399 g/mol. The van der Waals surface area contributed by atoms with Gasteiger partial charge in [-0.25, -0.2) is 4.79 Å². The maximum Gasteiger partial charge on any atom is 0.407 e. The molecular weight excluding hydrogens is 362 g/mol. The number of rotatable bonds is 15. The van der Waals surface area contributed by atoms with Crippen molar-refractivity contribution < 1.29 is 43.8 Å². The molecule has 0 aromatic heterocycles. The van der Waals surface area contributed by atoms with Gasteiger partial charge in [-0.3, -0.25) is 0 Å². The van der Waals surface area contributed by atoms with E-state index in [9.17, 15) is 4.79 Å². The second-order valence-corrected chi connectivity index (χ2v) is 6.05. The van der Waals surface area contributed by atoms with Gasteiger partial charge in [-0.15, -0.1) is 0 Å². The lowest BCUT2D eigenvalue weighted by Crippen LogP contribution is -2.34. The molecule has 1 amide bonds. The predicted octanol–water partition coefficient (Wildman–Crippen LogP) is -0.459. The van der Waals surface area contributed by atoms with E-state index in [0.29, 0.717) is 59.4 Å². The van der Waals surface area contributed by atoms with Crippen LogP contribution in [0.3, 0.4) is 0 Å². The topological polar surface area (TPSA) is 136 Å². The lowest BCUT2D eigenvalue weighted by molar-refractivity contribution is 0.0222. The summed E-state index contributed by atoms with van der Waals surface area (Å²) in [5, 5.41) is 27.5.